The second kappa shape index (κ2) is 10.8. The number of carbonyl (C=O) groups excluding carboxylic acids is 3. The highest BCUT2D eigenvalue weighted by molar-refractivity contribution is 5.87. The first kappa shape index (κ1) is 24.9. The molecule has 0 aromatic heterocycles. The molecule has 3 heterocycles. The number of rotatable bonds is 5. The zero-order valence-corrected chi connectivity index (χ0v) is 21.8. The lowest BCUT2D eigenvalue weighted by atomic mass is 9.95. The number of nitrogens with zero attached hydrogens (tertiary/aromatic N) is 3. The number of hydrogen-bond donors (Lipinski definition) is 1. The van der Waals surface area contributed by atoms with Gasteiger partial charge in [-0.3, -0.25) is 9.59 Å². The van der Waals surface area contributed by atoms with E-state index in [9.17, 15) is 14.4 Å². The number of benzene rings is 2. The Kier molecular flexibility index (Phi) is 7.06. The van der Waals surface area contributed by atoms with Crippen LogP contribution in [0, 0.1) is 5.92 Å². The fourth-order valence-corrected chi connectivity index (χ4v) is 5.97. The third-order valence-corrected chi connectivity index (χ3v) is 8.42. The van der Waals surface area contributed by atoms with Gasteiger partial charge < -0.3 is 24.8 Å². The van der Waals surface area contributed by atoms with E-state index in [4.69, 9.17) is 4.74 Å². The summed E-state index contributed by atoms with van der Waals surface area (Å²) in [4.78, 5) is 45.2. The van der Waals surface area contributed by atoms with Crippen molar-refractivity contribution in [2.45, 2.75) is 56.8 Å². The smallest absolute Gasteiger partial charge is 0.318 e. The van der Waals surface area contributed by atoms with Crippen LogP contribution >= 0.6 is 0 Å². The molecule has 2 aromatic rings. The van der Waals surface area contributed by atoms with E-state index in [1.54, 1.807) is 4.90 Å². The third kappa shape index (κ3) is 5.41. The van der Waals surface area contributed by atoms with Crippen LogP contribution in [0.3, 0.4) is 0 Å². The summed E-state index contributed by atoms with van der Waals surface area (Å²) in [6.45, 7) is 3.13. The highest BCUT2D eigenvalue weighted by atomic mass is 16.5. The standard InChI is InChI=1S/C30H36N4O4/c35-28-16-23-8-4-5-9-24(23)18-34(28)25-12-14-32(15-13-25)30(37)31-26-20-38-27(22-6-2-1-3-7-22)19-33(29(26)36)17-21-10-11-21/h1-9,21,25-27H,10-20H2,(H,31,37)/t26-,27-/m1/s1. The summed E-state index contributed by atoms with van der Waals surface area (Å²) in [5.41, 5.74) is 3.37. The van der Waals surface area contributed by atoms with Crippen LogP contribution in [-0.2, 0) is 27.3 Å². The number of ether oxygens (including phenoxy) is 1. The highest BCUT2D eigenvalue weighted by Gasteiger charge is 2.38. The summed E-state index contributed by atoms with van der Waals surface area (Å²) < 4.78 is 6.19. The highest BCUT2D eigenvalue weighted by Crippen LogP contribution is 2.32. The Morgan fingerprint density at radius 3 is 2.37 bits per heavy atom. The first-order valence-electron chi connectivity index (χ1n) is 13.9. The Labute approximate surface area is 223 Å². The van der Waals surface area contributed by atoms with Crippen molar-refractivity contribution in [2.75, 3.05) is 32.8 Å². The molecule has 4 aliphatic rings. The van der Waals surface area contributed by atoms with Gasteiger partial charge in [-0.1, -0.05) is 54.6 Å². The molecule has 200 valence electrons. The largest absolute Gasteiger partial charge is 0.369 e. The molecule has 3 aliphatic heterocycles. The van der Waals surface area contributed by atoms with E-state index in [0.717, 1.165) is 43.4 Å². The maximum absolute atomic E-state index is 13.5. The van der Waals surface area contributed by atoms with Crippen LogP contribution in [-0.4, -0.2) is 77.4 Å². The second-order valence-corrected chi connectivity index (χ2v) is 11.1. The minimum atomic E-state index is -0.701. The molecule has 6 rings (SSSR count). The van der Waals surface area contributed by atoms with Crippen LogP contribution < -0.4 is 5.32 Å². The molecule has 2 atom stereocenters. The zero-order valence-electron chi connectivity index (χ0n) is 21.8. The Bertz CT molecular complexity index is 1180. The number of fused-ring (bicyclic) bond motifs is 1. The molecule has 3 fully saturated rings. The van der Waals surface area contributed by atoms with Crippen molar-refractivity contribution in [3.05, 3.63) is 71.3 Å². The Morgan fingerprint density at radius 1 is 0.921 bits per heavy atom. The van der Waals surface area contributed by atoms with Gasteiger partial charge in [-0.05, 0) is 48.3 Å². The van der Waals surface area contributed by atoms with Gasteiger partial charge in [0.15, 0.2) is 0 Å². The molecule has 8 heteroatoms. The normalized spacial score (nSPS) is 24.7. The molecule has 2 aromatic carbocycles. The second-order valence-electron chi connectivity index (χ2n) is 11.1. The summed E-state index contributed by atoms with van der Waals surface area (Å²) >= 11 is 0. The van der Waals surface area contributed by atoms with Gasteiger partial charge in [0.25, 0.3) is 0 Å². The Morgan fingerprint density at radius 2 is 1.63 bits per heavy atom. The molecule has 1 saturated carbocycles. The maximum atomic E-state index is 13.5. The number of nitrogens with one attached hydrogen (secondary N) is 1. The molecule has 0 spiro atoms. The van der Waals surface area contributed by atoms with Crippen LogP contribution in [0.2, 0.25) is 0 Å². The van der Waals surface area contributed by atoms with Gasteiger partial charge in [0, 0.05) is 32.2 Å². The summed E-state index contributed by atoms with van der Waals surface area (Å²) in [5, 5.41) is 2.98. The SMILES string of the molecule is O=C(N[C@@H]1CO[C@@H](c2ccccc2)CN(CC2CC2)C1=O)N1CCC(N2Cc3ccccc3CC2=O)CC1. The van der Waals surface area contributed by atoms with E-state index in [2.05, 4.69) is 11.4 Å². The lowest BCUT2D eigenvalue weighted by Gasteiger charge is -2.40. The maximum Gasteiger partial charge on any atom is 0.318 e. The van der Waals surface area contributed by atoms with Gasteiger partial charge in [-0.25, -0.2) is 4.79 Å². The number of amides is 4. The van der Waals surface area contributed by atoms with E-state index in [1.165, 1.54) is 5.56 Å². The van der Waals surface area contributed by atoms with Gasteiger partial charge in [-0.15, -0.1) is 0 Å². The average molecular weight is 517 g/mol. The van der Waals surface area contributed by atoms with Crippen molar-refractivity contribution in [2.24, 2.45) is 5.92 Å². The van der Waals surface area contributed by atoms with Crippen molar-refractivity contribution in [1.82, 2.24) is 20.0 Å². The molecule has 0 radical (unpaired) electrons. The molecule has 1 N–H and O–H groups in total. The first-order valence-corrected chi connectivity index (χ1v) is 13.9. The van der Waals surface area contributed by atoms with E-state index in [-0.39, 0.29) is 36.6 Å². The van der Waals surface area contributed by atoms with Crippen molar-refractivity contribution in [3.63, 3.8) is 0 Å². The van der Waals surface area contributed by atoms with E-state index in [1.807, 2.05) is 58.3 Å². The predicted molar refractivity (Wildman–Crippen MR) is 142 cm³/mol. The summed E-state index contributed by atoms with van der Waals surface area (Å²) in [6, 6.07) is 17.3. The topological polar surface area (TPSA) is 82.2 Å². The van der Waals surface area contributed by atoms with Crippen LogP contribution in [0.5, 0.6) is 0 Å². The van der Waals surface area contributed by atoms with Crippen LogP contribution in [0.15, 0.2) is 54.6 Å². The van der Waals surface area contributed by atoms with Gasteiger partial charge in [-0.2, -0.15) is 0 Å². The van der Waals surface area contributed by atoms with Crippen LogP contribution in [0.25, 0.3) is 0 Å². The molecule has 0 unspecified atom stereocenters. The first-order chi connectivity index (χ1) is 18.5. The van der Waals surface area contributed by atoms with Crippen molar-refractivity contribution < 1.29 is 19.1 Å². The predicted octanol–water partition coefficient (Wildman–Crippen LogP) is 3.12. The van der Waals surface area contributed by atoms with Gasteiger partial charge >= 0.3 is 6.03 Å². The molecule has 2 saturated heterocycles. The minimum absolute atomic E-state index is 0.0591. The molecule has 8 nitrogen and oxygen atoms in total. The number of urea groups is 1. The number of carbonyl (C=O) groups is 3. The summed E-state index contributed by atoms with van der Waals surface area (Å²) in [7, 11) is 0. The van der Waals surface area contributed by atoms with Crippen LogP contribution in [0.4, 0.5) is 4.79 Å². The number of piperidine rings is 1. The number of likely N-dealkylation sites (tertiary alicyclic amines) is 1. The molecule has 0 bridgehead atoms. The fraction of sp³-hybridized carbons (Fsp3) is 0.500. The zero-order chi connectivity index (χ0) is 26.1. The quantitative estimate of drug-likeness (QED) is 0.662. The van der Waals surface area contributed by atoms with Gasteiger partial charge in [0.05, 0.1) is 19.6 Å². The molecule has 4 amide bonds. The Balaban J connectivity index is 1.06. The van der Waals surface area contributed by atoms with Gasteiger partial charge in [0.2, 0.25) is 11.8 Å². The Hall–Kier alpha value is -3.39. The van der Waals surface area contributed by atoms with E-state index >= 15 is 0 Å². The van der Waals surface area contributed by atoms with E-state index in [0.29, 0.717) is 38.5 Å². The lowest BCUT2D eigenvalue weighted by Crippen LogP contribution is -2.56. The molecular formula is C30H36N4O4. The third-order valence-electron chi connectivity index (χ3n) is 8.42. The van der Waals surface area contributed by atoms with Gasteiger partial charge in [0.1, 0.15) is 12.1 Å². The number of hydrogen-bond acceptors (Lipinski definition) is 4. The molecule has 38 heavy (non-hydrogen) atoms. The molecule has 1 aliphatic carbocycles. The van der Waals surface area contributed by atoms with Crippen molar-refractivity contribution in [3.8, 4) is 0 Å². The average Bonchev–Trinajstić information content (AvgIpc) is 3.79. The minimum Gasteiger partial charge on any atom is -0.369 e. The summed E-state index contributed by atoms with van der Waals surface area (Å²) in [6.07, 6.45) is 4.02. The van der Waals surface area contributed by atoms with E-state index < -0.39 is 6.04 Å². The summed E-state index contributed by atoms with van der Waals surface area (Å²) in [5.74, 6) is 0.654. The molecular weight excluding hydrogens is 480 g/mol. The van der Waals surface area contributed by atoms with Crippen LogP contribution in [0.1, 0.15) is 48.5 Å². The van der Waals surface area contributed by atoms with Crippen molar-refractivity contribution in [1.29, 1.82) is 0 Å². The van der Waals surface area contributed by atoms with Crippen molar-refractivity contribution >= 4 is 17.8 Å². The monoisotopic (exact) mass is 516 g/mol. The lowest BCUT2D eigenvalue weighted by molar-refractivity contribution is -0.135. The fourth-order valence-electron chi connectivity index (χ4n) is 5.97.